The van der Waals surface area contributed by atoms with Crippen LogP contribution in [0.15, 0.2) is 48.8 Å². The molecule has 1 aliphatic rings. The van der Waals surface area contributed by atoms with E-state index in [2.05, 4.69) is 4.74 Å². The SMILES string of the molecule is Cc1c[n+]([O-])ccc1N1Cc2cc(Cl)c(F)cc2N(c2ccc(OC(F)(F)F)cc2C)C1. The molecule has 0 bridgehead atoms. The van der Waals surface area contributed by atoms with Crippen LogP contribution in [0.1, 0.15) is 16.7 Å². The van der Waals surface area contributed by atoms with E-state index in [1.54, 1.807) is 24.8 Å². The third-order valence-corrected chi connectivity index (χ3v) is 5.51. The van der Waals surface area contributed by atoms with E-state index in [1.807, 2.05) is 4.90 Å². The van der Waals surface area contributed by atoms with Crippen molar-refractivity contribution in [2.45, 2.75) is 26.8 Å². The number of ether oxygens (including phenoxy) is 1. The summed E-state index contributed by atoms with van der Waals surface area (Å²) in [7, 11) is 0. The maximum absolute atomic E-state index is 14.3. The first-order valence-corrected chi connectivity index (χ1v) is 9.96. The molecule has 4 rings (SSSR count). The average Bonchev–Trinajstić information content (AvgIpc) is 2.67. The van der Waals surface area contributed by atoms with E-state index < -0.39 is 12.2 Å². The van der Waals surface area contributed by atoms with Gasteiger partial charge in [0.2, 0.25) is 0 Å². The summed E-state index contributed by atoms with van der Waals surface area (Å²) in [5.74, 6) is -0.934. The molecule has 1 aromatic heterocycles. The van der Waals surface area contributed by atoms with Crippen molar-refractivity contribution >= 4 is 28.7 Å². The number of rotatable bonds is 3. The van der Waals surface area contributed by atoms with Gasteiger partial charge in [0, 0.05) is 23.9 Å². The van der Waals surface area contributed by atoms with Gasteiger partial charge in [0.05, 0.1) is 23.1 Å². The Kier molecular flexibility index (Phi) is 5.54. The highest BCUT2D eigenvalue weighted by atomic mass is 35.5. The van der Waals surface area contributed by atoms with Gasteiger partial charge in [-0.05, 0) is 55.3 Å². The molecule has 0 saturated carbocycles. The molecule has 3 aromatic rings. The van der Waals surface area contributed by atoms with Crippen molar-refractivity contribution in [3.63, 3.8) is 0 Å². The lowest BCUT2D eigenvalue weighted by Gasteiger charge is -2.40. The summed E-state index contributed by atoms with van der Waals surface area (Å²) in [4.78, 5) is 3.77. The maximum atomic E-state index is 14.3. The lowest BCUT2D eigenvalue weighted by molar-refractivity contribution is -0.605. The number of halogens is 5. The molecule has 168 valence electrons. The van der Waals surface area contributed by atoms with E-state index in [0.717, 1.165) is 16.8 Å². The van der Waals surface area contributed by atoms with Crippen LogP contribution in [-0.2, 0) is 6.54 Å². The lowest BCUT2D eigenvalue weighted by atomic mass is 10.0. The van der Waals surface area contributed by atoms with Crippen LogP contribution in [0, 0.1) is 24.9 Å². The molecule has 0 atom stereocenters. The molecule has 2 heterocycles. The molecule has 0 saturated heterocycles. The fourth-order valence-corrected chi connectivity index (χ4v) is 4.07. The molecule has 0 aliphatic carbocycles. The Balaban J connectivity index is 1.79. The maximum Gasteiger partial charge on any atom is 0.573 e. The highest BCUT2D eigenvalue weighted by Gasteiger charge is 2.32. The van der Waals surface area contributed by atoms with E-state index in [-0.39, 0.29) is 17.4 Å². The predicted octanol–water partition coefficient (Wildman–Crippen LogP) is 5.74. The molecule has 0 unspecified atom stereocenters. The Labute approximate surface area is 186 Å². The number of hydrogen-bond acceptors (Lipinski definition) is 4. The second-order valence-electron chi connectivity index (χ2n) is 7.53. The number of aromatic nitrogens is 1. The van der Waals surface area contributed by atoms with Crippen LogP contribution in [0.25, 0.3) is 0 Å². The van der Waals surface area contributed by atoms with Crippen LogP contribution >= 0.6 is 11.6 Å². The van der Waals surface area contributed by atoms with Crippen molar-refractivity contribution in [1.29, 1.82) is 0 Å². The zero-order chi connectivity index (χ0) is 23.2. The Hall–Kier alpha value is -3.20. The Morgan fingerprint density at radius 1 is 1.03 bits per heavy atom. The molecule has 0 amide bonds. The number of aryl methyl sites for hydroxylation is 2. The Morgan fingerprint density at radius 3 is 2.44 bits per heavy atom. The lowest BCUT2D eigenvalue weighted by Crippen LogP contribution is -2.41. The van der Waals surface area contributed by atoms with E-state index in [1.165, 1.54) is 42.7 Å². The minimum Gasteiger partial charge on any atom is -0.619 e. The Bertz CT molecular complexity index is 1190. The quantitative estimate of drug-likeness (QED) is 0.280. The minimum absolute atomic E-state index is 0.0293. The number of hydrogen-bond donors (Lipinski definition) is 0. The molecular formula is C22H18ClF4N3O2. The first-order valence-electron chi connectivity index (χ1n) is 9.58. The third-order valence-electron chi connectivity index (χ3n) is 5.22. The summed E-state index contributed by atoms with van der Waals surface area (Å²) in [6, 6.07) is 8.53. The van der Waals surface area contributed by atoms with Crippen molar-refractivity contribution in [3.8, 4) is 5.75 Å². The monoisotopic (exact) mass is 467 g/mol. The topological polar surface area (TPSA) is 42.7 Å². The van der Waals surface area contributed by atoms with Crippen molar-refractivity contribution in [1.82, 2.24) is 0 Å². The molecule has 10 heteroatoms. The van der Waals surface area contributed by atoms with E-state index in [4.69, 9.17) is 11.6 Å². The zero-order valence-electron chi connectivity index (χ0n) is 17.1. The van der Waals surface area contributed by atoms with Gasteiger partial charge in [0.25, 0.3) is 0 Å². The van der Waals surface area contributed by atoms with Crippen molar-refractivity contribution < 1.29 is 27.0 Å². The summed E-state index contributed by atoms with van der Waals surface area (Å²) in [5, 5.41) is 11.6. The number of fused-ring (bicyclic) bond motifs is 1. The normalized spacial score (nSPS) is 13.8. The molecule has 0 fully saturated rings. The average molecular weight is 468 g/mol. The highest BCUT2D eigenvalue weighted by molar-refractivity contribution is 6.30. The van der Waals surface area contributed by atoms with Gasteiger partial charge in [-0.1, -0.05) is 11.6 Å². The first kappa shape index (κ1) is 22.0. The largest absolute Gasteiger partial charge is 0.619 e. The molecular weight excluding hydrogens is 450 g/mol. The second kappa shape index (κ2) is 8.05. The Morgan fingerprint density at radius 2 is 1.78 bits per heavy atom. The second-order valence-corrected chi connectivity index (χ2v) is 7.94. The number of alkyl halides is 3. The van der Waals surface area contributed by atoms with Crippen LogP contribution in [0.2, 0.25) is 5.02 Å². The van der Waals surface area contributed by atoms with Gasteiger partial charge in [-0.3, -0.25) is 0 Å². The standard InChI is InChI=1S/C22H18ClF4N3O2/c1-13-7-16(32-22(25,26)27)3-4-20(13)30-12-28(19-5-6-29(31)10-14(19)2)11-15-8-17(23)18(24)9-21(15)30/h3-10H,11-12H2,1-2H3. The summed E-state index contributed by atoms with van der Waals surface area (Å²) in [5.41, 5.74) is 3.92. The summed E-state index contributed by atoms with van der Waals surface area (Å²) >= 11 is 6.02. The van der Waals surface area contributed by atoms with Gasteiger partial charge < -0.3 is 19.7 Å². The van der Waals surface area contributed by atoms with Gasteiger partial charge in [0.15, 0.2) is 12.4 Å². The van der Waals surface area contributed by atoms with E-state index >= 15 is 0 Å². The summed E-state index contributed by atoms with van der Waals surface area (Å²) in [6.07, 6.45) is -1.97. The molecule has 1 aliphatic heterocycles. The van der Waals surface area contributed by atoms with Crippen LogP contribution in [0.3, 0.4) is 0 Å². The molecule has 5 nitrogen and oxygen atoms in total. The van der Waals surface area contributed by atoms with Gasteiger partial charge in [-0.2, -0.15) is 4.73 Å². The number of nitrogens with zero attached hydrogens (tertiary/aromatic N) is 3. The van der Waals surface area contributed by atoms with Crippen molar-refractivity contribution in [2.24, 2.45) is 0 Å². The summed E-state index contributed by atoms with van der Waals surface area (Å²) < 4.78 is 56.8. The third kappa shape index (κ3) is 4.38. The number of anilines is 3. The minimum atomic E-state index is -4.80. The van der Waals surface area contributed by atoms with Crippen LogP contribution in [0.5, 0.6) is 5.75 Å². The number of benzene rings is 2. The summed E-state index contributed by atoms with van der Waals surface area (Å²) in [6.45, 7) is 4.13. The molecule has 32 heavy (non-hydrogen) atoms. The van der Waals surface area contributed by atoms with Crippen LogP contribution in [0.4, 0.5) is 34.6 Å². The van der Waals surface area contributed by atoms with Gasteiger partial charge >= 0.3 is 6.36 Å². The van der Waals surface area contributed by atoms with Crippen molar-refractivity contribution in [3.05, 3.63) is 81.5 Å². The van der Waals surface area contributed by atoms with Crippen LogP contribution in [-0.4, -0.2) is 13.0 Å². The molecule has 0 radical (unpaired) electrons. The van der Waals surface area contributed by atoms with Gasteiger partial charge in [-0.25, -0.2) is 4.39 Å². The highest BCUT2D eigenvalue weighted by Crippen LogP contribution is 2.40. The van der Waals surface area contributed by atoms with Crippen molar-refractivity contribution in [2.75, 3.05) is 16.5 Å². The van der Waals surface area contributed by atoms with Gasteiger partial charge in [0.1, 0.15) is 11.6 Å². The fourth-order valence-electron chi connectivity index (χ4n) is 3.88. The van der Waals surface area contributed by atoms with Gasteiger partial charge in [-0.15, -0.1) is 13.2 Å². The molecule has 0 spiro atoms. The molecule has 0 N–H and O–H groups in total. The predicted molar refractivity (Wildman–Crippen MR) is 113 cm³/mol. The van der Waals surface area contributed by atoms with E-state index in [9.17, 15) is 22.8 Å². The number of pyridine rings is 1. The zero-order valence-corrected chi connectivity index (χ0v) is 17.8. The smallest absolute Gasteiger partial charge is 0.573 e. The van der Waals surface area contributed by atoms with Crippen LogP contribution < -0.4 is 19.3 Å². The molecule has 2 aromatic carbocycles. The van der Waals surface area contributed by atoms with E-state index in [0.29, 0.717) is 28.2 Å². The fraction of sp³-hybridized carbons (Fsp3) is 0.227. The first-order chi connectivity index (χ1) is 15.0.